The normalized spacial score (nSPS) is 11.7. The van der Waals surface area contributed by atoms with Crippen molar-refractivity contribution < 1.29 is 27.6 Å². The first-order valence-electron chi connectivity index (χ1n) is 3.97. The smallest absolute Gasteiger partial charge is 0.423 e. The van der Waals surface area contributed by atoms with Gasteiger partial charge in [0, 0.05) is 0 Å². The molecule has 0 aliphatic rings. The zero-order chi connectivity index (χ0) is 11.8. The van der Waals surface area contributed by atoms with Gasteiger partial charge in [0.05, 0.1) is 5.56 Å². The van der Waals surface area contributed by atoms with Crippen LogP contribution in [0.5, 0.6) is 0 Å². The van der Waals surface area contributed by atoms with Crippen LogP contribution in [-0.4, -0.2) is 17.2 Å². The second kappa shape index (κ2) is 3.82. The van der Waals surface area contributed by atoms with Crippen molar-refractivity contribution in [1.29, 1.82) is 0 Å². The van der Waals surface area contributed by atoms with Gasteiger partial charge in [0.15, 0.2) is 0 Å². The van der Waals surface area contributed by atoms with Crippen molar-refractivity contribution >= 4 is 12.6 Å². The third-order valence-electron chi connectivity index (χ3n) is 2.01. The van der Waals surface area contributed by atoms with Crippen molar-refractivity contribution in [1.82, 2.24) is 0 Å². The molecule has 0 spiro atoms. The minimum atomic E-state index is -4.78. The summed E-state index contributed by atoms with van der Waals surface area (Å²) in [4.78, 5) is 0. The molecule has 2 nitrogen and oxygen atoms in total. The largest absolute Gasteiger partial charge is 0.488 e. The summed E-state index contributed by atoms with van der Waals surface area (Å²) in [6.07, 6.45) is -4.78. The number of benzene rings is 1. The van der Waals surface area contributed by atoms with E-state index in [-0.39, 0.29) is 5.46 Å². The summed E-state index contributed by atoms with van der Waals surface area (Å²) < 4.78 is 49.8. The maximum Gasteiger partial charge on any atom is 0.488 e. The molecule has 1 aromatic carbocycles. The quantitative estimate of drug-likeness (QED) is 0.545. The standard InChI is InChI=1S/C8H7BF4O2/c1-4-6(9(14)15)3-2-5(7(4)10)8(11,12)13/h2-3,14-15H,1H3. The van der Waals surface area contributed by atoms with E-state index in [1.165, 1.54) is 0 Å². The molecule has 0 atom stereocenters. The monoisotopic (exact) mass is 222 g/mol. The first-order chi connectivity index (χ1) is 6.75. The van der Waals surface area contributed by atoms with Gasteiger partial charge in [-0.15, -0.1) is 0 Å². The summed E-state index contributed by atoms with van der Waals surface area (Å²) in [5, 5.41) is 17.5. The Morgan fingerprint density at radius 2 is 1.73 bits per heavy atom. The van der Waals surface area contributed by atoms with E-state index >= 15 is 0 Å². The molecule has 0 unspecified atom stereocenters. The van der Waals surface area contributed by atoms with Gasteiger partial charge in [-0.2, -0.15) is 13.2 Å². The molecule has 1 rings (SSSR count). The van der Waals surface area contributed by atoms with Gasteiger partial charge in [0.2, 0.25) is 0 Å². The zero-order valence-corrected chi connectivity index (χ0v) is 7.64. The number of hydrogen-bond donors (Lipinski definition) is 2. The molecule has 7 heteroatoms. The molecule has 0 amide bonds. The van der Waals surface area contributed by atoms with Gasteiger partial charge in [0.25, 0.3) is 0 Å². The van der Waals surface area contributed by atoms with E-state index in [9.17, 15) is 17.6 Å². The van der Waals surface area contributed by atoms with E-state index < -0.39 is 30.2 Å². The lowest BCUT2D eigenvalue weighted by atomic mass is 9.76. The van der Waals surface area contributed by atoms with Gasteiger partial charge in [0.1, 0.15) is 5.82 Å². The molecule has 15 heavy (non-hydrogen) atoms. The average molecular weight is 222 g/mol. The third kappa shape index (κ3) is 2.30. The number of hydrogen-bond acceptors (Lipinski definition) is 2. The van der Waals surface area contributed by atoms with Crippen LogP contribution in [0.25, 0.3) is 0 Å². The summed E-state index contributed by atoms with van der Waals surface area (Å²) >= 11 is 0. The molecule has 0 aromatic heterocycles. The topological polar surface area (TPSA) is 40.5 Å². The van der Waals surface area contributed by atoms with Crippen molar-refractivity contribution in [2.45, 2.75) is 13.1 Å². The van der Waals surface area contributed by atoms with Crippen LogP contribution in [0.1, 0.15) is 11.1 Å². The molecule has 0 fully saturated rings. The van der Waals surface area contributed by atoms with E-state index in [1.54, 1.807) is 0 Å². The van der Waals surface area contributed by atoms with Gasteiger partial charge in [-0.3, -0.25) is 0 Å². The van der Waals surface area contributed by atoms with Crippen molar-refractivity contribution in [2.24, 2.45) is 0 Å². The fourth-order valence-corrected chi connectivity index (χ4v) is 1.20. The fourth-order valence-electron chi connectivity index (χ4n) is 1.20. The molecule has 0 bridgehead atoms. The molecule has 0 saturated carbocycles. The average Bonchev–Trinajstić information content (AvgIpc) is 2.06. The van der Waals surface area contributed by atoms with Gasteiger partial charge in [-0.05, 0) is 24.0 Å². The van der Waals surface area contributed by atoms with Crippen molar-refractivity contribution in [3.05, 3.63) is 29.1 Å². The van der Waals surface area contributed by atoms with E-state index in [0.717, 1.165) is 13.0 Å². The number of halogens is 4. The van der Waals surface area contributed by atoms with Crippen LogP contribution in [-0.2, 0) is 6.18 Å². The maximum atomic E-state index is 13.2. The summed E-state index contributed by atoms with van der Waals surface area (Å²) in [6, 6.07) is 1.32. The Morgan fingerprint density at radius 1 is 1.20 bits per heavy atom. The summed E-state index contributed by atoms with van der Waals surface area (Å²) in [7, 11) is -1.98. The van der Waals surface area contributed by atoms with Crippen LogP contribution in [0.3, 0.4) is 0 Å². The molecule has 0 saturated heterocycles. The molecule has 0 radical (unpaired) electrons. The van der Waals surface area contributed by atoms with E-state index in [4.69, 9.17) is 10.0 Å². The maximum absolute atomic E-state index is 13.2. The minimum absolute atomic E-state index is 0.277. The van der Waals surface area contributed by atoms with E-state index in [0.29, 0.717) is 6.07 Å². The molecule has 82 valence electrons. The van der Waals surface area contributed by atoms with Gasteiger partial charge in [-0.1, -0.05) is 6.07 Å². The SMILES string of the molecule is Cc1c(B(O)O)ccc(C(F)(F)F)c1F. The number of alkyl halides is 3. The Labute approximate surface area is 83.3 Å². The van der Waals surface area contributed by atoms with Crippen LogP contribution in [0, 0.1) is 12.7 Å². The van der Waals surface area contributed by atoms with Gasteiger partial charge < -0.3 is 10.0 Å². The van der Waals surface area contributed by atoms with Crippen molar-refractivity contribution in [3.8, 4) is 0 Å². The fraction of sp³-hybridized carbons (Fsp3) is 0.250. The third-order valence-corrected chi connectivity index (χ3v) is 2.01. The Balaban J connectivity index is 3.34. The molecular weight excluding hydrogens is 215 g/mol. The van der Waals surface area contributed by atoms with Gasteiger partial charge in [-0.25, -0.2) is 4.39 Å². The van der Waals surface area contributed by atoms with Crippen LogP contribution >= 0.6 is 0 Å². The molecule has 0 aliphatic carbocycles. The zero-order valence-electron chi connectivity index (χ0n) is 7.64. The first-order valence-corrected chi connectivity index (χ1v) is 3.97. The highest BCUT2D eigenvalue weighted by atomic mass is 19.4. The highest BCUT2D eigenvalue weighted by Crippen LogP contribution is 2.31. The molecule has 0 heterocycles. The summed E-state index contributed by atoms with van der Waals surface area (Å²) in [6.45, 7) is 1.05. The van der Waals surface area contributed by atoms with E-state index in [2.05, 4.69) is 0 Å². The van der Waals surface area contributed by atoms with Crippen LogP contribution in [0.4, 0.5) is 17.6 Å². The molecule has 0 aliphatic heterocycles. The predicted octanol–water partition coefficient (Wildman–Crippen LogP) is 0.833. The second-order valence-electron chi connectivity index (χ2n) is 3.01. The van der Waals surface area contributed by atoms with Crippen LogP contribution in [0.2, 0.25) is 0 Å². The Kier molecular flexibility index (Phi) is 3.06. The lowest BCUT2D eigenvalue weighted by molar-refractivity contribution is -0.140. The highest BCUT2D eigenvalue weighted by molar-refractivity contribution is 6.59. The lowest BCUT2D eigenvalue weighted by Crippen LogP contribution is -2.33. The van der Waals surface area contributed by atoms with Gasteiger partial charge >= 0.3 is 13.3 Å². The highest BCUT2D eigenvalue weighted by Gasteiger charge is 2.35. The Hall–Kier alpha value is -1.08. The molecule has 2 N–H and O–H groups in total. The Bertz CT molecular complexity index is 376. The molecular formula is C8H7BF4O2. The summed E-state index contributed by atoms with van der Waals surface area (Å²) in [5.41, 5.74) is -2.11. The van der Waals surface area contributed by atoms with Crippen LogP contribution in [0.15, 0.2) is 12.1 Å². The first kappa shape index (κ1) is 12.0. The lowest BCUT2D eigenvalue weighted by Gasteiger charge is -2.12. The Morgan fingerprint density at radius 3 is 2.13 bits per heavy atom. The second-order valence-corrected chi connectivity index (χ2v) is 3.01. The molecule has 1 aromatic rings. The minimum Gasteiger partial charge on any atom is -0.423 e. The summed E-state index contributed by atoms with van der Waals surface area (Å²) in [5.74, 6) is -1.48. The van der Waals surface area contributed by atoms with Crippen LogP contribution < -0.4 is 5.46 Å². The van der Waals surface area contributed by atoms with Crippen molar-refractivity contribution in [3.63, 3.8) is 0 Å². The van der Waals surface area contributed by atoms with Crippen molar-refractivity contribution in [2.75, 3.05) is 0 Å². The van der Waals surface area contributed by atoms with E-state index in [1.807, 2.05) is 0 Å². The number of rotatable bonds is 1. The predicted molar refractivity (Wildman–Crippen MR) is 46.0 cm³/mol.